The van der Waals surface area contributed by atoms with Gasteiger partial charge < -0.3 is 4.90 Å². The van der Waals surface area contributed by atoms with Crippen LogP contribution in [0.2, 0.25) is 5.02 Å². The lowest BCUT2D eigenvalue weighted by molar-refractivity contribution is 0.0764. The van der Waals surface area contributed by atoms with Gasteiger partial charge in [-0.1, -0.05) is 41.4 Å². The van der Waals surface area contributed by atoms with Gasteiger partial charge in [-0.2, -0.15) is 4.31 Å². The molecule has 0 unspecified atom stereocenters. The van der Waals surface area contributed by atoms with Crippen molar-refractivity contribution in [2.45, 2.75) is 18.2 Å². The quantitative estimate of drug-likeness (QED) is 0.806. The van der Waals surface area contributed by atoms with Crippen LogP contribution in [0.5, 0.6) is 0 Å². The maximum absolute atomic E-state index is 12.9. The van der Waals surface area contributed by atoms with E-state index in [1.54, 1.807) is 29.2 Å². The summed E-state index contributed by atoms with van der Waals surface area (Å²) < 4.78 is 27.2. The van der Waals surface area contributed by atoms with Crippen molar-refractivity contribution in [3.63, 3.8) is 0 Å². The smallest absolute Gasteiger partial charge is 0.253 e. The minimum Gasteiger partial charge on any atom is -0.337 e. The summed E-state index contributed by atoms with van der Waals surface area (Å²) in [5, 5.41) is 0.212. The van der Waals surface area contributed by atoms with Gasteiger partial charge in [-0.15, -0.1) is 0 Å². The second-order valence-corrected chi connectivity index (χ2v) is 8.66. The fraction of sp³-hybridized carbons (Fsp3) is 0.316. The average molecular weight is 393 g/mol. The van der Waals surface area contributed by atoms with Crippen LogP contribution in [0.3, 0.4) is 0 Å². The van der Waals surface area contributed by atoms with Gasteiger partial charge in [0.15, 0.2) is 0 Å². The van der Waals surface area contributed by atoms with Crippen molar-refractivity contribution in [1.82, 2.24) is 9.21 Å². The van der Waals surface area contributed by atoms with Crippen LogP contribution in [0.25, 0.3) is 0 Å². The zero-order valence-electron chi connectivity index (χ0n) is 14.6. The van der Waals surface area contributed by atoms with Crippen molar-refractivity contribution < 1.29 is 13.2 Å². The number of hydrogen-bond acceptors (Lipinski definition) is 3. The zero-order valence-corrected chi connectivity index (χ0v) is 16.1. The van der Waals surface area contributed by atoms with Gasteiger partial charge in [-0.25, -0.2) is 8.42 Å². The van der Waals surface area contributed by atoms with E-state index in [-0.39, 0.29) is 22.4 Å². The summed E-state index contributed by atoms with van der Waals surface area (Å²) in [7, 11) is -3.67. The van der Waals surface area contributed by atoms with E-state index in [9.17, 15) is 13.2 Å². The Morgan fingerprint density at radius 2 is 1.77 bits per heavy atom. The normalized spacial score (nSPS) is 16.3. The predicted octanol–water partition coefficient (Wildman–Crippen LogP) is 3.19. The molecule has 0 aromatic heterocycles. The van der Waals surface area contributed by atoms with Gasteiger partial charge in [0.05, 0.1) is 5.02 Å². The lowest BCUT2D eigenvalue weighted by Gasteiger charge is -2.22. The van der Waals surface area contributed by atoms with E-state index >= 15 is 0 Å². The Bertz CT molecular complexity index is 915. The van der Waals surface area contributed by atoms with Crippen LogP contribution in [0.1, 0.15) is 22.3 Å². The molecule has 5 nitrogen and oxygen atoms in total. The lowest BCUT2D eigenvalue weighted by Crippen LogP contribution is -2.37. The Balaban J connectivity index is 1.76. The fourth-order valence-corrected chi connectivity index (χ4v) is 5.05. The van der Waals surface area contributed by atoms with Crippen molar-refractivity contribution in [2.75, 3.05) is 26.2 Å². The Labute approximate surface area is 159 Å². The first-order valence-corrected chi connectivity index (χ1v) is 10.3. The Hall–Kier alpha value is -1.89. The number of amides is 1. The van der Waals surface area contributed by atoms with Crippen LogP contribution >= 0.6 is 11.6 Å². The van der Waals surface area contributed by atoms with Crippen LogP contribution < -0.4 is 0 Å². The van der Waals surface area contributed by atoms with Gasteiger partial charge in [-0.05, 0) is 37.6 Å². The molecule has 7 heteroatoms. The van der Waals surface area contributed by atoms with Crippen molar-refractivity contribution in [2.24, 2.45) is 0 Å². The molecule has 1 amide bonds. The molecule has 26 heavy (non-hydrogen) atoms. The molecule has 3 rings (SSSR count). The SMILES string of the molecule is Cc1cccc(C(=O)N2CCCN(S(=O)(=O)c3ccccc3Cl)CC2)c1. The molecule has 0 radical (unpaired) electrons. The van der Waals surface area contributed by atoms with Gasteiger partial charge in [-0.3, -0.25) is 4.79 Å². The van der Waals surface area contributed by atoms with Crippen molar-refractivity contribution in [1.29, 1.82) is 0 Å². The van der Waals surface area contributed by atoms with Crippen molar-refractivity contribution >= 4 is 27.5 Å². The summed E-state index contributed by atoms with van der Waals surface area (Å²) in [6.45, 7) is 3.45. The molecule has 1 aliphatic rings. The summed E-state index contributed by atoms with van der Waals surface area (Å²) in [6.07, 6.45) is 0.585. The predicted molar refractivity (Wildman–Crippen MR) is 102 cm³/mol. The Morgan fingerprint density at radius 3 is 2.50 bits per heavy atom. The summed E-state index contributed by atoms with van der Waals surface area (Å²) in [6, 6.07) is 13.9. The highest BCUT2D eigenvalue weighted by molar-refractivity contribution is 7.89. The molecular weight excluding hydrogens is 372 g/mol. The number of halogens is 1. The van der Waals surface area contributed by atoms with Gasteiger partial charge in [0, 0.05) is 31.7 Å². The third-order valence-electron chi connectivity index (χ3n) is 4.46. The number of rotatable bonds is 3. The van der Waals surface area contributed by atoms with Crippen LogP contribution in [0.4, 0.5) is 0 Å². The molecule has 0 saturated carbocycles. The highest BCUT2D eigenvalue weighted by Gasteiger charge is 2.29. The fourth-order valence-electron chi connectivity index (χ4n) is 3.09. The first-order valence-electron chi connectivity index (χ1n) is 8.50. The number of nitrogens with zero attached hydrogens (tertiary/aromatic N) is 2. The van der Waals surface area contributed by atoms with Crippen LogP contribution in [-0.4, -0.2) is 49.7 Å². The number of hydrogen-bond donors (Lipinski definition) is 0. The summed E-state index contributed by atoms with van der Waals surface area (Å²) in [4.78, 5) is 14.6. The van der Waals surface area contributed by atoms with Gasteiger partial charge in [0.1, 0.15) is 4.90 Å². The second kappa shape index (κ2) is 7.78. The molecule has 0 atom stereocenters. The third kappa shape index (κ3) is 3.92. The standard InChI is InChI=1S/C19H21ClN2O3S/c1-15-6-4-7-16(14-15)19(23)21-10-5-11-22(13-12-21)26(24,25)18-9-3-2-8-17(18)20/h2-4,6-9,14H,5,10-13H2,1H3. The highest BCUT2D eigenvalue weighted by atomic mass is 35.5. The monoisotopic (exact) mass is 392 g/mol. The molecule has 0 aliphatic carbocycles. The lowest BCUT2D eigenvalue weighted by atomic mass is 10.1. The first kappa shape index (κ1) is 18.9. The molecular formula is C19H21ClN2O3S. The largest absolute Gasteiger partial charge is 0.337 e. The van der Waals surface area contributed by atoms with Gasteiger partial charge in [0.2, 0.25) is 10.0 Å². The van der Waals surface area contributed by atoms with Crippen molar-refractivity contribution in [3.05, 3.63) is 64.7 Å². The minimum absolute atomic E-state index is 0.0642. The molecule has 0 spiro atoms. The minimum atomic E-state index is -3.67. The van der Waals surface area contributed by atoms with E-state index < -0.39 is 10.0 Å². The summed E-state index contributed by atoms with van der Waals surface area (Å²) in [5.74, 6) is -0.0642. The number of carbonyl (C=O) groups excluding carboxylic acids is 1. The summed E-state index contributed by atoms with van der Waals surface area (Å²) in [5.41, 5.74) is 1.65. The van der Waals surface area contributed by atoms with E-state index in [1.807, 2.05) is 25.1 Å². The Morgan fingerprint density at radius 1 is 1.00 bits per heavy atom. The van der Waals surface area contributed by atoms with Crippen LogP contribution in [0.15, 0.2) is 53.4 Å². The molecule has 1 saturated heterocycles. The van der Waals surface area contributed by atoms with Crippen LogP contribution in [0, 0.1) is 6.92 Å². The molecule has 0 bridgehead atoms. The Kier molecular flexibility index (Phi) is 5.65. The molecule has 0 N–H and O–H groups in total. The van der Waals surface area contributed by atoms with E-state index in [1.165, 1.54) is 10.4 Å². The van der Waals surface area contributed by atoms with Gasteiger partial charge in [0.25, 0.3) is 5.91 Å². The second-order valence-electron chi connectivity index (χ2n) is 6.35. The maximum atomic E-state index is 12.9. The topological polar surface area (TPSA) is 57.7 Å². The maximum Gasteiger partial charge on any atom is 0.253 e. The molecule has 138 valence electrons. The van der Waals surface area contributed by atoms with E-state index in [2.05, 4.69) is 0 Å². The summed E-state index contributed by atoms with van der Waals surface area (Å²) >= 11 is 6.07. The highest BCUT2D eigenvalue weighted by Crippen LogP contribution is 2.25. The van der Waals surface area contributed by atoms with E-state index in [0.717, 1.165) is 5.56 Å². The third-order valence-corrected chi connectivity index (χ3v) is 6.86. The number of carbonyl (C=O) groups is 1. The molecule has 1 heterocycles. The van der Waals surface area contributed by atoms with E-state index in [0.29, 0.717) is 31.6 Å². The molecule has 2 aromatic carbocycles. The van der Waals surface area contributed by atoms with E-state index in [4.69, 9.17) is 11.6 Å². The van der Waals surface area contributed by atoms with Gasteiger partial charge >= 0.3 is 0 Å². The number of benzene rings is 2. The van der Waals surface area contributed by atoms with Crippen LogP contribution in [-0.2, 0) is 10.0 Å². The molecule has 1 aliphatic heterocycles. The molecule has 2 aromatic rings. The number of sulfonamides is 1. The first-order chi connectivity index (χ1) is 12.4. The zero-order chi connectivity index (χ0) is 18.7. The average Bonchev–Trinajstić information content (AvgIpc) is 2.88. The number of aryl methyl sites for hydroxylation is 1. The van der Waals surface area contributed by atoms with Crippen molar-refractivity contribution in [3.8, 4) is 0 Å². The molecule has 1 fully saturated rings.